The lowest BCUT2D eigenvalue weighted by Gasteiger charge is -2.13. The monoisotopic (exact) mass is 273 g/mol. The number of nitrogens with zero attached hydrogens (tertiary/aromatic N) is 1. The van der Waals surface area contributed by atoms with E-state index in [1.807, 2.05) is 0 Å². The molecule has 1 aromatic carbocycles. The van der Waals surface area contributed by atoms with Crippen molar-refractivity contribution in [3.8, 4) is 11.8 Å². The summed E-state index contributed by atoms with van der Waals surface area (Å²) in [5.41, 5.74) is -2.06. The molecule has 0 atom stereocenters. The molecule has 1 N–H and O–H groups in total. The maximum absolute atomic E-state index is 12.8. The van der Waals surface area contributed by atoms with Gasteiger partial charge in [-0.1, -0.05) is 0 Å². The molecule has 1 aromatic rings. The van der Waals surface area contributed by atoms with E-state index >= 15 is 0 Å². The molecule has 0 unspecified atom stereocenters. The zero-order valence-corrected chi connectivity index (χ0v) is 9.91. The van der Waals surface area contributed by atoms with Gasteiger partial charge in [-0.25, -0.2) is 0 Å². The third kappa shape index (κ3) is 3.61. The Morgan fingerprint density at radius 1 is 1.47 bits per heavy atom. The molecule has 0 fully saturated rings. The number of carbonyl (C=O) groups excluding carboxylic acids is 1. The number of phenolic OH excluding ortho intramolecular Hbond substituents is 1. The van der Waals surface area contributed by atoms with Gasteiger partial charge in [0, 0.05) is 0 Å². The minimum atomic E-state index is -4.72. The highest BCUT2D eigenvalue weighted by atomic mass is 19.4. The van der Waals surface area contributed by atoms with Gasteiger partial charge in [0.25, 0.3) is 0 Å². The first-order chi connectivity index (χ1) is 8.79. The molecule has 0 heterocycles. The van der Waals surface area contributed by atoms with Crippen molar-refractivity contribution >= 4 is 5.97 Å². The topological polar surface area (TPSA) is 70.3 Å². The third-order valence-electron chi connectivity index (χ3n) is 2.29. The van der Waals surface area contributed by atoms with Gasteiger partial charge < -0.3 is 9.84 Å². The molecule has 0 saturated carbocycles. The van der Waals surface area contributed by atoms with Crippen molar-refractivity contribution in [1.29, 1.82) is 5.26 Å². The number of carbonyl (C=O) groups is 1. The van der Waals surface area contributed by atoms with Crippen molar-refractivity contribution in [2.24, 2.45) is 0 Å². The van der Waals surface area contributed by atoms with Crippen LogP contribution in [0.5, 0.6) is 5.75 Å². The number of aromatic hydroxyl groups is 1. The summed E-state index contributed by atoms with van der Waals surface area (Å²) >= 11 is 0. The van der Waals surface area contributed by atoms with Crippen molar-refractivity contribution in [1.82, 2.24) is 0 Å². The molecule has 0 amide bonds. The summed E-state index contributed by atoms with van der Waals surface area (Å²) in [7, 11) is 0. The molecule has 102 valence electrons. The lowest BCUT2D eigenvalue weighted by atomic mass is 10.0. The summed E-state index contributed by atoms with van der Waals surface area (Å²) < 4.78 is 42.9. The second-order valence-corrected chi connectivity index (χ2v) is 3.62. The molecule has 4 nitrogen and oxygen atoms in total. The van der Waals surface area contributed by atoms with Gasteiger partial charge in [-0.3, -0.25) is 4.79 Å². The highest BCUT2D eigenvalue weighted by Crippen LogP contribution is 2.35. The van der Waals surface area contributed by atoms with Crippen molar-refractivity contribution in [3.05, 3.63) is 28.8 Å². The minimum absolute atomic E-state index is 0.0441. The fourth-order valence-electron chi connectivity index (χ4n) is 1.50. The van der Waals surface area contributed by atoms with Crippen LogP contribution in [-0.4, -0.2) is 17.7 Å². The smallest absolute Gasteiger partial charge is 0.416 e. The van der Waals surface area contributed by atoms with Crippen LogP contribution in [-0.2, 0) is 22.1 Å². The maximum atomic E-state index is 12.8. The Hall–Kier alpha value is -2.23. The predicted octanol–water partition coefficient (Wildman–Crippen LogP) is 2.39. The highest BCUT2D eigenvalue weighted by molar-refractivity contribution is 5.73. The molecular weight excluding hydrogens is 263 g/mol. The number of hydrogen-bond acceptors (Lipinski definition) is 4. The second-order valence-electron chi connectivity index (χ2n) is 3.62. The van der Waals surface area contributed by atoms with Gasteiger partial charge in [-0.2, -0.15) is 18.4 Å². The number of rotatable bonds is 3. The average Bonchev–Trinajstić information content (AvgIpc) is 2.27. The molecule has 0 aliphatic rings. The van der Waals surface area contributed by atoms with Crippen LogP contribution in [0.4, 0.5) is 13.2 Å². The molecule has 19 heavy (non-hydrogen) atoms. The lowest BCUT2D eigenvalue weighted by Crippen LogP contribution is -2.14. The number of alkyl halides is 3. The molecule has 0 radical (unpaired) electrons. The summed E-state index contributed by atoms with van der Waals surface area (Å²) in [4.78, 5) is 11.2. The maximum Gasteiger partial charge on any atom is 0.416 e. The number of hydrogen-bond donors (Lipinski definition) is 1. The lowest BCUT2D eigenvalue weighted by molar-refractivity contribution is -0.143. The van der Waals surface area contributed by atoms with Crippen LogP contribution in [0.25, 0.3) is 0 Å². The fraction of sp³-hybridized carbons (Fsp3) is 0.333. The number of nitriles is 1. The SMILES string of the molecule is CCOC(=O)Cc1cc(O)c(C#N)cc1C(F)(F)F. The van der Waals surface area contributed by atoms with Crippen LogP contribution in [0.1, 0.15) is 23.6 Å². The second kappa shape index (κ2) is 5.61. The van der Waals surface area contributed by atoms with Crippen LogP contribution in [0.3, 0.4) is 0 Å². The molecular formula is C12H10F3NO3. The van der Waals surface area contributed by atoms with E-state index in [1.54, 1.807) is 0 Å². The molecule has 0 spiro atoms. The first kappa shape index (κ1) is 14.8. The van der Waals surface area contributed by atoms with E-state index in [-0.39, 0.29) is 6.61 Å². The third-order valence-corrected chi connectivity index (χ3v) is 2.29. The Morgan fingerprint density at radius 3 is 2.58 bits per heavy atom. The minimum Gasteiger partial charge on any atom is -0.507 e. The van der Waals surface area contributed by atoms with E-state index in [0.717, 1.165) is 6.07 Å². The molecule has 1 rings (SSSR count). The first-order valence-electron chi connectivity index (χ1n) is 5.28. The molecule has 7 heteroatoms. The predicted molar refractivity (Wildman–Crippen MR) is 58.2 cm³/mol. The fourth-order valence-corrected chi connectivity index (χ4v) is 1.50. The van der Waals surface area contributed by atoms with Gasteiger partial charge in [0.1, 0.15) is 11.8 Å². The zero-order chi connectivity index (χ0) is 14.6. The van der Waals surface area contributed by atoms with E-state index in [1.165, 1.54) is 13.0 Å². The Balaban J connectivity index is 3.26. The zero-order valence-electron chi connectivity index (χ0n) is 9.91. The van der Waals surface area contributed by atoms with Crippen molar-refractivity contribution in [2.75, 3.05) is 6.61 Å². The van der Waals surface area contributed by atoms with Crippen LogP contribution in [0.2, 0.25) is 0 Å². The Kier molecular flexibility index (Phi) is 4.38. The average molecular weight is 273 g/mol. The van der Waals surface area contributed by atoms with E-state index in [2.05, 4.69) is 4.74 Å². The summed E-state index contributed by atoms with van der Waals surface area (Å²) in [6, 6.07) is 2.73. The van der Waals surface area contributed by atoms with Crippen molar-refractivity contribution in [3.63, 3.8) is 0 Å². The van der Waals surface area contributed by atoms with Crippen LogP contribution in [0, 0.1) is 11.3 Å². The van der Waals surface area contributed by atoms with Crippen molar-refractivity contribution in [2.45, 2.75) is 19.5 Å². The number of benzene rings is 1. The molecule has 0 aliphatic carbocycles. The number of esters is 1. The largest absolute Gasteiger partial charge is 0.507 e. The first-order valence-corrected chi connectivity index (χ1v) is 5.28. The summed E-state index contributed by atoms with van der Waals surface area (Å²) in [5.74, 6) is -1.44. The Bertz CT molecular complexity index is 532. The summed E-state index contributed by atoms with van der Waals surface area (Å²) in [5, 5.41) is 18.0. The number of phenols is 1. The number of halogens is 3. The van der Waals surface area contributed by atoms with Gasteiger partial charge >= 0.3 is 12.1 Å². The van der Waals surface area contributed by atoms with E-state index in [4.69, 9.17) is 5.26 Å². The van der Waals surface area contributed by atoms with Crippen molar-refractivity contribution < 1.29 is 27.8 Å². The van der Waals surface area contributed by atoms with E-state index in [9.17, 15) is 23.1 Å². The Labute approximate surface area is 107 Å². The van der Waals surface area contributed by atoms with Crippen LogP contribution < -0.4 is 0 Å². The molecule has 0 aromatic heterocycles. The van der Waals surface area contributed by atoms with Crippen LogP contribution in [0.15, 0.2) is 12.1 Å². The summed E-state index contributed by atoms with van der Waals surface area (Å²) in [6.45, 7) is 1.57. The van der Waals surface area contributed by atoms with Gasteiger partial charge in [0.2, 0.25) is 0 Å². The standard InChI is InChI=1S/C12H10F3NO3/c1-2-19-11(18)5-7-4-10(17)8(6-16)3-9(7)12(13,14)15/h3-4,17H,2,5H2,1H3. The normalized spacial score (nSPS) is 10.9. The van der Waals surface area contributed by atoms with Gasteiger partial charge in [0.05, 0.1) is 24.2 Å². The highest BCUT2D eigenvalue weighted by Gasteiger charge is 2.35. The van der Waals surface area contributed by atoms with Gasteiger partial charge in [0.15, 0.2) is 0 Å². The quantitative estimate of drug-likeness (QED) is 0.858. The molecule has 0 bridgehead atoms. The van der Waals surface area contributed by atoms with Gasteiger partial charge in [-0.15, -0.1) is 0 Å². The molecule has 0 aliphatic heterocycles. The summed E-state index contributed by atoms with van der Waals surface area (Å²) in [6.07, 6.45) is -5.34. The van der Waals surface area contributed by atoms with Gasteiger partial charge in [-0.05, 0) is 24.6 Å². The Morgan fingerprint density at radius 2 is 2.11 bits per heavy atom. The van der Waals surface area contributed by atoms with E-state index < -0.39 is 41.0 Å². The molecule has 0 saturated heterocycles. The van der Waals surface area contributed by atoms with E-state index in [0.29, 0.717) is 6.07 Å². The number of ether oxygens (including phenoxy) is 1. The van der Waals surface area contributed by atoms with Crippen LogP contribution >= 0.6 is 0 Å².